The Labute approximate surface area is 151 Å². The van der Waals surface area contributed by atoms with Crippen molar-refractivity contribution in [2.45, 2.75) is 25.8 Å². The zero-order valence-corrected chi connectivity index (χ0v) is 15.1. The molecule has 8 heteroatoms. The van der Waals surface area contributed by atoms with Crippen LogP contribution in [-0.4, -0.2) is 36.8 Å². The fourth-order valence-electron chi connectivity index (χ4n) is 2.69. The van der Waals surface area contributed by atoms with Crippen LogP contribution in [0.2, 0.25) is 0 Å². The lowest BCUT2D eigenvalue weighted by Gasteiger charge is -2.26. The monoisotopic (exact) mass is 371 g/mol. The molecule has 0 aliphatic carbocycles. The molecule has 0 saturated carbocycles. The predicted octanol–water partition coefficient (Wildman–Crippen LogP) is 2.81. The first-order valence-electron chi connectivity index (χ1n) is 7.85. The standard InChI is InChI=1S/C16H21N3O3S.ClH/c1-2-22-11-3-4-12-13(9-11)23-16(18-12)19-15(20)14(17)10-5-7-21-8-6-10;/h3-4,9-10,14H,2,5-8,17H2,1H3,(H,18,19,20);1H. The molecule has 1 aliphatic rings. The van der Waals surface area contributed by atoms with Crippen molar-refractivity contribution < 1.29 is 14.3 Å². The minimum absolute atomic E-state index is 0. The van der Waals surface area contributed by atoms with Crippen molar-refractivity contribution in [2.75, 3.05) is 25.1 Å². The van der Waals surface area contributed by atoms with Gasteiger partial charge >= 0.3 is 0 Å². The molecule has 0 bridgehead atoms. The zero-order chi connectivity index (χ0) is 16.2. The van der Waals surface area contributed by atoms with Crippen molar-refractivity contribution in [3.8, 4) is 5.75 Å². The van der Waals surface area contributed by atoms with Crippen LogP contribution in [0.3, 0.4) is 0 Å². The second-order valence-electron chi connectivity index (χ2n) is 5.55. The first-order valence-corrected chi connectivity index (χ1v) is 8.66. The minimum atomic E-state index is -0.523. The van der Waals surface area contributed by atoms with Crippen molar-refractivity contribution in [3.63, 3.8) is 0 Å². The van der Waals surface area contributed by atoms with Gasteiger partial charge in [0.1, 0.15) is 5.75 Å². The van der Waals surface area contributed by atoms with Crippen LogP contribution in [0, 0.1) is 5.92 Å². The van der Waals surface area contributed by atoms with E-state index >= 15 is 0 Å². The number of thiazole rings is 1. The predicted molar refractivity (Wildman–Crippen MR) is 98.2 cm³/mol. The van der Waals surface area contributed by atoms with Gasteiger partial charge in [-0.1, -0.05) is 11.3 Å². The average Bonchev–Trinajstić information content (AvgIpc) is 2.96. The fraction of sp³-hybridized carbons (Fsp3) is 0.500. The number of ether oxygens (including phenoxy) is 2. The Morgan fingerprint density at radius 3 is 2.96 bits per heavy atom. The third-order valence-electron chi connectivity index (χ3n) is 3.98. The third kappa shape index (κ3) is 4.36. The number of nitrogens with one attached hydrogen (secondary N) is 1. The van der Waals surface area contributed by atoms with Gasteiger partial charge in [0.25, 0.3) is 0 Å². The number of amides is 1. The number of halogens is 1. The molecule has 1 aliphatic heterocycles. The average molecular weight is 372 g/mol. The van der Waals surface area contributed by atoms with E-state index in [4.69, 9.17) is 15.2 Å². The summed E-state index contributed by atoms with van der Waals surface area (Å²) >= 11 is 1.43. The number of rotatable bonds is 5. The number of fused-ring (bicyclic) bond motifs is 1. The lowest BCUT2D eigenvalue weighted by Crippen LogP contribution is -2.43. The maximum Gasteiger partial charge on any atom is 0.243 e. The molecule has 3 N–H and O–H groups in total. The number of anilines is 1. The van der Waals surface area contributed by atoms with Crippen LogP contribution in [0.15, 0.2) is 18.2 Å². The van der Waals surface area contributed by atoms with Gasteiger partial charge in [0, 0.05) is 13.2 Å². The van der Waals surface area contributed by atoms with Gasteiger partial charge in [-0.05, 0) is 43.9 Å². The van der Waals surface area contributed by atoms with Crippen LogP contribution < -0.4 is 15.8 Å². The second-order valence-corrected chi connectivity index (χ2v) is 6.58. The summed E-state index contributed by atoms with van der Waals surface area (Å²) in [7, 11) is 0. The van der Waals surface area contributed by atoms with Gasteiger partial charge < -0.3 is 20.5 Å². The number of hydrogen-bond donors (Lipinski definition) is 2. The van der Waals surface area contributed by atoms with Gasteiger partial charge in [-0.2, -0.15) is 0 Å². The highest BCUT2D eigenvalue weighted by Gasteiger charge is 2.27. The molecule has 132 valence electrons. The Balaban J connectivity index is 0.00000208. The van der Waals surface area contributed by atoms with Gasteiger partial charge in [0.05, 0.1) is 22.9 Å². The maximum absolute atomic E-state index is 12.3. The number of benzene rings is 1. The summed E-state index contributed by atoms with van der Waals surface area (Å²) < 4.78 is 11.8. The molecule has 1 saturated heterocycles. The maximum atomic E-state index is 12.3. The first-order chi connectivity index (χ1) is 11.2. The third-order valence-corrected chi connectivity index (χ3v) is 4.91. The molecule has 3 rings (SSSR count). The molecule has 0 spiro atoms. The molecule has 1 amide bonds. The summed E-state index contributed by atoms with van der Waals surface area (Å²) in [6, 6.07) is 5.19. The molecule has 2 aromatic rings. The van der Waals surface area contributed by atoms with Gasteiger partial charge in [-0.3, -0.25) is 4.79 Å². The molecule has 2 heterocycles. The molecule has 1 fully saturated rings. The van der Waals surface area contributed by atoms with Crippen LogP contribution in [0.5, 0.6) is 5.75 Å². The molecule has 1 aromatic carbocycles. The fourth-order valence-corrected chi connectivity index (χ4v) is 3.59. The Kier molecular flexibility index (Phi) is 6.79. The lowest BCUT2D eigenvalue weighted by atomic mass is 9.92. The van der Waals surface area contributed by atoms with Crippen LogP contribution in [0.25, 0.3) is 10.2 Å². The van der Waals surface area contributed by atoms with Crippen LogP contribution in [-0.2, 0) is 9.53 Å². The van der Waals surface area contributed by atoms with E-state index in [0.717, 1.165) is 28.8 Å². The van der Waals surface area contributed by atoms with Gasteiger partial charge in [-0.15, -0.1) is 12.4 Å². The van der Waals surface area contributed by atoms with Gasteiger partial charge in [0.15, 0.2) is 5.13 Å². The largest absolute Gasteiger partial charge is 0.494 e. The van der Waals surface area contributed by atoms with Crippen LogP contribution in [0.4, 0.5) is 5.13 Å². The zero-order valence-electron chi connectivity index (χ0n) is 13.5. The summed E-state index contributed by atoms with van der Waals surface area (Å²) in [6.07, 6.45) is 1.65. The van der Waals surface area contributed by atoms with E-state index < -0.39 is 6.04 Å². The molecule has 1 unspecified atom stereocenters. The highest BCUT2D eigenvalue weighted by atomic mass is 35.5. The summed E-state index contributed by atoms with van der Waals surface area (Å²) in [5.74, 6) is 0.795. The molecule has 1 aromatic heterocycles. The van der Waals surface area contributed by atoms with E-state index in [1.165, 1.54) is 11.3 Å². The molecule has 0 radical (unpaired) electrons. The van der Waals surface area contributed by atoms with E-state index in [2.05, 4.69) is 10.3 Å². The summed E-state index contributed by atoms with van der Waals surface area (Å²) in [4.78, 5) is 16.8. The SMILES string of the molecule is CCOc1ccc2nc(NC(=O)C(N)C3CCOCC3)sc2c1.Cl. The van der Waals surface area contributed by atoms with Crippen molar-refractivity contribution in [1.82, 2.24) is 4.98 Å². The Bertz CT molecular complexity index is 688. The quantitative estimate of drug-likeness (QED) is 0.843. The number of hydrogen-bond acceptors (Lipinski definition) is 6. The van der Waals surface area contributed by atoms with E-state index in [9.17, 15) is 4.79 Å². The van der Waals surface area contributed by atoms with E-state index in [1.54, 1.807) is 0 Å². The Morgan fingerprint density at radius 2 is 2.25 bits per heavy atom. The lowest BCUT2D eigenvalue weighted by molar-refractivity contribution is -0.119. The number of nitrogens with two attached hydrogens (primary N) is 1. The number of aromatic nitrogens is 1. The number of carbonyl (C=O) groups excluding carboxylic acids is 1. The Morgan fingerprint density at radius 1 is 1.50 bits per heavy atom. The van der Waals surface area contributed by atoms with E-state index in [0.29, 0.717) is 25.0 Å². The Hall–Kier alpha value is -1.41. The van der Waals surface area contributed by atoms with Crippen molar-refractivity contribution in [2.24, 2.45) is 11.7 Å². The highest BCUT2D eigenvalue weighted by Crippen LogP contribution is 2.29. The van der Waals surface area contributed by atoms with Gasteiger partial charge in [0.2, 0.25) is 5.91 Å². The number of nitrogens with zero attached hydrogens (tertiary/aromatic N) is 1. The van der Waals surface area contributed by atoms with Crippen molar-refractivity contribution in [1.29, 1.82) is 0 Å². The van der Waals surface area contributed by atoms with Crippen molar-refractivity contribution >= 4 is 45.0 Å². The van der Waals surface area contributed by atoms with Gasteiger partial charge in [-0.25, -0.2) is 4.98 Å². The number of carbonyl (C=O) groups is 1. The van der Waals surface area contributed by atoms with E-state index in [-0.39, 0.29) is 24.2 Å². The second kappa shape index (κ2) is 8.62. The summed E-state index contributed by atoms with van der Waals surface area (Å²) in [6.45, 7) is 3.91. The van der Waals surface area contributed by atoms with Crippen LogP contribution in [0.1, 0.15) is 19.8 Å². The molecule has 24 heavy (non-hydrogen) atoms. The van der Waals surface area contributed by atoms with Crippen molar-refractivity contribution in [3.05, 3.63) is 18.2 Å². The molecular formula is C16H22ClN3O3S. The normalized spacial score (nSPS) is 16.4. The molecule has 1 atom stereocenters. The molecular weight excluding hydrogens is 350 g/mol. The summed E-state index contributed by atoms with van der Waals surface area (Å²) in [5.41, 5.74) is 6.93. The first kappa shape index (κ1) is 18.9. The van der Waals surface area contributed by atoms with E-state index in [1.807, 2.05) is 25.1 Å². The van der Waals surface area contributed by atoms with Crippen LogP contribution >= 0.6 is 23.7 Å². The minimum Gasteiger partial charge on any atom is -0.494 e. The summed E-state index contributed by atoms with van der Waals surface area (Å²) in [5, 5.41) is 3.41. The topological polar surface area (TPSA) is 86.5 Å². The highest BCUT2D eigenvalue weighted by molar-refractivity contribution is 7.22. The smallest absolute Gasteiger partial charge is 0.243 e. The molecule has 6 nitrogen and oxygen atoms in total.